The largest absolute Gasteiger partial charge is 0.573 e. The zero-order valence-corrected chi connectivity index (χ0v) is 16.5. The number of alkyl halides is 3. The molecule has 0 bridgehead atoms. The summed E-state index contributed by atoms with van der Waals surface area (Å²) in [6.07, 6.45) is -4.73. The van der Waals surface area contributed by atoms with Crippen LogP contribution in [0.15, 0.2) is 42.5 Å². The van der Waals surface area contributed by atoms with Gasteiger partial charge in [0.1, 0.15) is 5.75 Å². The second kappa shape index (κ2) is 8.73. The number of anilines is 2. The Morgan fingerprint density at radius 1 is 1.10 bits per heavy atom. The van der Waals surface area contributed by atoms with E-state index >= 15 is 0 Å². The van der Waals surface area contributed by atoms with E-state index in [1.165, 1.54) is 46.0 Å². The third kappa shape index (κ3) is 6.12. The minimum atomic E-state index is -4.73. The van der Waals surface area contributed by atoms with Crippen LogP contribution in [0.4, 0.5) is 24.5 Å². The zero-order valence-electron chi connectivity index (χ0n) is 16.5. The van der Waals surface area contributed by atoms with Crippen molar-refractivity contribution >= 4 is 17.3 Å². The van der Waals surface area contributed by atoms with E-state index < -0.39 is 6.36 Å². The molecule has 2 N–H and O–H groups in total. The van der Waals surface area contributed by atoms with Gasteiger partial charge in [-0.25, -0.2) is 0 Å². The Morgan fingerprint density at radius 2 is 1.76 bits per heavy atom. The average molecular weight is 408 g/mol. The fraction of sp³-hybridized carbons (Fsp3) is 0.381. The average Bonchev–Trinajstić information content (AvgIpc) is 2.63. The Bertz CT molecular complexity index is 845. The number of hydrogen-bond donors (Lipinski definition) is 2. The van der Waals surface area contributed by atoms with Crippen molar-refractivity contribution in [2.24, 2.45) is 0 Å². The fourth-order valence-electron chi connectivity index (χ4n) is 3.57. The lowest BCUT2D eigenvalue weighted by molar-refractivity contribution is -0.892. The predicted molar refractivity (Wildman–Crippen MR) is 105 cm³/mol. The summed E-state index contributed by atoms with van der Waals surface area (Å²) in [6, 6.07) is 11.6. The van der Waals surface area contributed by atoms with E-state index in [4.69, 9.17) is 0 Å². The molecule has 0 aromatic heterocycles. The maximum absolute atomic E-state index is 12.3. The van der Waals surface area contributed by atoms with Crippen molar-refractivity contribution in [1.29, 1.82) is 0 Å². The molecule has 1 heterocycles. The summed E-state index contributed by atoms with van der Waals surface area (Å²) in [5.74, 6) is -0.479. The monoisotopic (exact) mass is 408 g/mol. The predicted octanol–water partition coefficient (Wildman–Crippen LogP) is 2.55. The van der Waals surface area contributed by atoms with Crippen LogP contribution in [0.5, 0.6) is 5.75 Å². The summed E-state index contributed by atoms with van der Waals surface area (Å²) in [5.41, 5.74) is 4.17. The molecule has 2 aromatic rings. The topological polar surface area (TPSA) is 46.0 Å². The summed E-state index contributed by atoms with van der Waals surface area (Å²) in [4.78, 5) is 15.8. The number of aryl methyl sites for hydroxylation is 2. The van der Waals surface area contributed by atoms with Crippen LogP contribution in [0.1, 0.15) is 11.1 Å². The number of rotatable bonds is 5. The highest BCUT2D eigenvalue weighted by Gasteiger charge is 2.31. The van der Waals surface area contributed by atoms with Crippen LogP contribution in [-0.4, -0.2) is 45.0 Å². The second-order valence-electron chi connectivity index (χ2n) is 7.32. The van der Waals surface area contributed by atoms with E-state index in [-0.39, 0.29) is 11.7 Å². The highest BCUT2D eigenvalue weighted by molar-refractivity contribution is 5.91. The molecule has 1 aliphatic heterocycles. The number of carbonyl (C=O) groups excluding carboxylic acids is 1. The number of hydrogen-bond acceptors (Lipinski definition) is 3. The molecule has 5 nitrogen and oxygen atoms in total. The van der Waals surface area contributed by atoms with Crippen LogP contribution in [0.3, 0.4) is 0 Å². The van der Waals surface area contributed by atoms with Crippen LogP contribution in [-0.2, 0) is 4.79 Å². The van der Waals surface area contributed by atoms with Crippen molar-refractivity contribution < 1.29 is 27.6 Å². The normalized spacial score (nSPS) is 15.3. The third-order valence-electron chi connectivity index (χ3n) is 4.95. The van der Waals surface area contributed by atoms with E-state index in [0.717, 1.165) is 26.2 Å². The Morgan fingerprint density at radius 3 is 2.34 bits per heavy atom. The number of nitrogens with zero attached hydrogens (tertiary/aromatic N) is 1. The van der Waals surface area contributed by atoms with Gasteiger partial charge >= 0.3 is 6.36 Å². The Kier molecular flexibility index (Phi) is 6.32. The van der Waals surface area contributed by atoms with Crippen molar-refractivity contribution in [3.05, 3.63) is 53.6 Å². The van der Waals surface area contributed by atoms with Crippen molar-refractivity contribution in [2.45, 2.75) is 20.2 Å². The SMILES string of the molecule is Cc1ccc(N2CC[NH+](CC(=O)Nc3ccc(OC(F)(F)F)cc3)CC2)c(C)c1. The molecule has 1 amide bonds. The molecule has 3 rings (SSSR count). The van der Waals surface area contributed by atoms with Gasteiger partial charge in [0, 0.05) is 11.4 Å². The summed E-state index contributed by atoms with van der Waals surface area (Å²) >= 11 is 0. The Hall–Kier alpha value is -2.74. The van der Waals surface area contributed by atoms with E-state index in [2.05, 4.69) is 47.0 Å². The highest BCUT2D eigenvalue weighted by atomic mass is 19.4. The number of amides is 1. The van der Waals surface area contributed by atoms with Gasteiger partial charge in [-0.1, -0.05) is 17.7 Å². The summed E-state index contributed by atoms with van der Waals surface area (Å²) in [5, 5.41) is 2.73. The van der Waals surface area contributed by atoms with Gasteiger partial charge in [-0.05, 0) is 49.7 Å². The second-order valence-corrected chi connectivity index (χ2v) is 7.32. The lowest BCUT2D eigenvalue weighted by atomic mass is 10.1. The first-order chi connectivity index (χ1) is 13.7. The van der Waals surface area contributed by atoms with Crippen molar-refractivity contribution in [3.63, 3.8) is 0 Å². The van der Waals surface area contributed by atoms with E-state index in [0.29, 0.717) is 12.2 Å². The first-order valence-electron chi connectivity index (χ1n) is 9.51. The highest BCUT2D eigenvalue weighted by Crippen LogP contribution is 2.24. The molecule has 0 aliphatic carbocycles. The quantitative estimate of drug-likeness (QED) is 0.800. The molecule has 2 aromatic carbocycles. The molecule has 0 spiro atoms. The van der Waals surface area contributed by atoms with Gasteiger partial charge in [0.25, 0.3) is 5.91 Å². The van der Waals surface area contributed by atoms with E-state index in [1.54, 1.807) is 0 Å². The zero-order chi connectivity index (χ0) is 21.0. The van der Waals surface area contributed by atoms with Gasteiger partial charge in [-0.15, -0.1) is 13.2 Å². The number of benzene rings is 2. The molecule has 8 heteroatoms. The maximum atomic E-state index is 12.3. The molecular formula is C21H25F3N3O2+. The van der Waals surface area contributed by atoms with Crippen LogP contribution in [0, 0.1) is 13.8 Å². The number of ether oxygens (including phenoxy) is 1. The standard InChI is InChI=1S/C21H24F3N3O2/c1-15-3-8-19(16(2)13-15)27-11-9-26(10-12-27)14-20(28)25-17-4-6-18(7-5-17)29-21(22,23)24/h3-8,13H,9-12,14H2,1-2H3,(H,25,28)/p+1. The summed E-state index contributed by atoms with van der Waals surface area (Å²) in [6.45, 7) is 7.94. The van der Waals surface area contributed by atoms with Gasteiger partial charge in [0.15, 0.2) is 6.54 Å². The number of quaternary nitrogens is 1. The van der Waals surface area contributed by atoms with Gasteiger partial charge in [-0.2, -0.15) is 0 Å². The van der Waals surface area contributed by atoms with Crippen LogP contribution in [0.25, 0.3) is 0 Å². The van der Waals surface area contributed by atoms with Crippen molar-refractivity contribution in [2.75, 3.05) is 42.9 Å². The smallest absolute Gasteiger partial charge is 0.406 e. The molecule has 1 aliphatic rings. The molecular weight excluding hydrogens is 383 g/mol. The molecule has 156 valence electrons. The third-order valence-corrected chi connectivity index (χ3v) is 4.95. The fourth-order valence-corrected chi connectivity index (χ4v) is 3.57. The molecule has 1 fully saturated rings. The molecule has 29 heavy (non-hydrogen) atoms. The number of nitrogens with one attached hydrogen (secondary N) is 2. The Labute approximate surface area is 168 Å². The van der Waals surface area contributed by atoms with Crippen LogP contribution in [0.2, 0.25) is 0 Å². The van der Waals surface area contributed by atoms with E-state index in [1.807, 2.05) is 0 Å². The lowest BCUT2D eigenvalue weighted by Gasteiger charge is -2.34. The first-order valence-corrected chi connectivity index (χ1v) is 9.51. The van der Waals surface area contributed by atoms with Crippen LogP contribution >= 0.6 is 0 Å². The Balaban J connectivity index is 1.47. The summed E-state index contributed by atoms with van der Waals surface area (Å²) in [7, 11) is 0. The molecule has 0 radical (unpaired) electrons. The molecule has 0 atom stereocenters. The molecule has 0 saturated carbocycles. The van der Waals surface area contributed by atoms with Gasteiger partial charge in [0.05, 0.1) is 26.2 Å². The maximum Gasteiger partial charge on any atom is 0.573 e. The first kappa shape index (κ1) is 21.0. The number of halogens is 3. The number of carbonyl (C=O) groups is 1. The molecule has 0 unspecified atom stereocenters. The van der Waals surface area contributed by atoms with Gasteiger partial charge < -0.3 is 19.9 Å². The lowest BCUT2D eigenvalue weighted by Crippen LogP contribution is -3.15. The van der Waals surface area contributed by atoms with Crippen LogP contribution < -0.4 is 19.9 Å². The summed E-state index contributed by atoms with van der Waals surface area (Å²) < 4.78 is 40.4. The minimum Gasteiger partial charge on any atom is -0.406 e. The van der Waals surface area contributed by atoms with Crippen molar-refractivity contribution in [1.82, 2.24) is 0 Å². The minimum absolute atomic E-state index is 0.163. The number of piperazine rings is 1. The van der Waals surface area contributed by atoms with E-state index in [9.17, 15) is 18.0 Å². The molecule has 1 saturated heterocycles. The van der Waals surface area contributed by atoms with Gasteiger partial charge in [0.2, 0.25) is 0 Å². The van der Waals surface area contributed by atoms with Crippen molar-refractivity contribution in [3.8, 4) is 5.75 Å². The van der Waals surface area contributed by atoms with Gasteiger partial charge in [-0.3, -0.25) is 4.79 Å².